The number of benzene rings is 1. The summed E-state index contributed by atoms with van der Waals surface area (Å²) in [5.74, 6) is 0.729. The lowest BCUT2D eigenvalue weighted by Crippen LogP contribution is -2.64. The van der Waals surface area contributed by atoms with Gasteiger partial charge in [-0.2, -0.15) is 4.98 Å². The van der Waals surface area contributed by atoms with Gasteiger partial charge < -0.3 is 20.6 Å². The molecular weight excluding hydrogens is 444 g/mol. The summed E-state index contributed by atoms with van der Waals surface area (Å²) in [5, 5.41) is 16.7. The van der Waals surface area contributed by atoms with Gasteiger partial charge in [-0.3, -0.25) is 9.69 Å². The minimum Gasteiger partial charge on any atom is -0.390 e. The zero-order chi connectivity index (χ0) is 24.2. The van der Waals surface area contributed by atoms with Crippen molar-refractivity contribution in [3.63, 3.8) is 0 Å². The summed E-state index contributed by atoms with van der Waals surface area (Å²) in [6, 6.07) is 7.49. The number of nitrogens with zero attached hydrogens (tertiary/aromatic N) is 4. The number of carbonyl (C=O) groups excluding carboxylic acids is 2. The third-order valence-corrected chi connectivity index (χ3v) is 8.10. The highest BCUT2D eigenvalue weighted by Gasteiger charge is 2.55. The molecule has 1 aliphatic heterocycles. The van der Waals surface area contributed by atoms with Crippen molar-refractivity contribution in [2.75, 3.05) is 15.5 Å². The second-order valence-electron chi connectivity index (χ2n) is 10.3. The molecule has 0 saturated heterocycles. The van der Waals surface area contributed by atoms with Gasteiger partial charge >= 0.3 is 6.03 Å². The Kier molecular flexibility index (Phi) is 5.07. The molecule has 35 heavy (non-hydrogen) atoms. The SMILES string of the molecule is C=CC(=O)Nc1ccccc1Nc1ncc2c(n1)N(C1CC1)C(=O)N(C13CCC(O)(CC1)CC3)C2. The predicted molar refractivity (Wildman–Crippen MR) is 132 cm³/mol. The third-order valence-electron chi connectivity index (χ3n) is 8.10. The number of fused-ring (bicyclic) bond motifs is 4. The van der Waals surface area contributed by atoms with Crippen molar-refractivity contribution in [3.8, 4) is 0 Å². The molecule has 182 valence electrons. The van der Waals surface area contributed by atoms with Gasteiger partial charge in [0, 0.05) is 23.3 Å². The third kappa shape index (κ3) is 3.83. The monoisotopic (exact) mass is 474 g/mol. The maximum atomic E-state index is 13.9. The van der Waals surface area contributed by atoms with E-state index in [1.165, 1.54) is 6.08 Å². The molecule has 3 amide bonds. The lowest BCUT2D eigenvalue weighted by molar-refractivity contribution is -0.111. The predicted octanol–water partition coefficient (Wildman–Crippen LogP) is 4.09. The van der Waals surface area contributed by atoms with Crippen molar-refractivity contribution in [2.24, 2.45) is 0 Å². The first-order valence-electron chi connectivity index (χ1n) is 12.4. The first-order valence-corrected chi connectivity index (χ1v) is 12.4. The van der Waals surface area contributed by atoms with Crippen LogP contribution in [0.1, 0.15) is 56.9 Å². The molecule has 7 rings (SSSR count). The maximum Gasteiger partial charge on any atom is 0.326 e. The van der Waals surface area contributed by atoms with Gasteiger partial charge in [-0.05, 0) is 69.6 Å². The van der Waals surface area contributed by atoms with Gasteiger partial charge in [0.2, 0.25) is 11.9 Å². The lowest BCUT2D eigenvalue weighted by Gasteiger charge is -2.57. The zero-order valence-corrected chi connectivity index (χ0v) is 19.7. The highest BCUT2D eigenvalue weighted by atomic mass is 16.3. The van der Waals surface area contributed by atoms with Crippen LogP contribution in [-0.2, 0) is 11.3 Å². The van der Waals surface area contributed by atoms with Crippen LogP contribution in [0.25, 0.3) is 0 Å². The van der Waals surface area contributed by atoms with Gasteiger partial charge in [0.15, 0.2) is 0 Å². The number of amides is 3. The molecule has 0 spiro atoms. The highest BCUT2D eigenvalue weighted by Crippen LogP contribution is 2.52. The number of hydrogen-bond donors (Lipinski definition) is 3. The van der Waals surface area contributed by atoms with Crippen molar-refractivity contribution >= 4 is 35.1 Å². The summed E-state index contributed by atoms with van der Waals surface area (Å²) >= 11 is 0. The molecule has 9 nitrogen and oxygen atoms in total. The number of para-hydroxylation sites is 2. The van der Waals surface area contributed by atoms with E-state index in [1.54, 1.807) is 6.07 Å². The number of rotatable bonds is 6. The van der Waals surface area contributed by atoms with E-state index in [4.69, 9.17) is 4.98 Å². The number of aromatic nitrogens is 2. The fraction of sp³-hybridized carbons (Fsp3) is 0.462. The van der Waals surface area contributed by atoms with E-state index in [2.05, 4.69) is 22.2 Å². The normalized spacial score (nSPS) is 27.4. The van der Waals surface area contributed by atoms with Crippen LogP contribution in [0, 0.1) is 0 Å². The van der Waals surface area contributed by atoms with Gasteiger partial charge in [0.05, 0.1) is 23.5 Å². The van der Waals surface area contributed by atoms with Gasteiger partial charge in [-0.25, -0.2) is 9.78 Å². The van der Waals surface area contributed by atoms with E-state index in [0.717, 1.165) is 56.9 Å². The number of carbonyl (C=O) groups is 2. The molecule has 4 fully saturated rings. The molecule has 5 aliphatic rings. The Morgan fingerprint density at radius 3 is 2.46 bits per heavy atom. The zero-order valence-electron chi connectivity index (χ0n) is 19.7. The molecule has 0 atom stereocenters. The largest absolute Gasteiger partial charge is 0.390 e. The Hall–Kier alpha value is -3.46. The summed E-state index contributed by atoms with van der Waals surface area (Å²) < 4.78 is 0. The van der Waals surface area contributed by atoms with Gasteiger partial charge in [0.25, 0.3) is 0 Å². The Morgan fingerprint density at radius 1 is 1.11 bits per heavy atom. The van der Waals surface area contributed by atoms with E-state index >= 15 is 0 Å². The van der Waals surface area contributed by atoms with E-state index in [0.29, 0.717) is 29.7 Å². The molecule has 0 radical (unpaired) electrons. The van der Waals surface area contributed by atoms with Crippen LogP contribution in [0.3, 0.4) is 0 Å². The van der Waals surface area contributed by atoms with Crippen molar-refractivity contribution in [3.05, 3.63) is 48.7 Å². The Bertz CT molecular complexity index is 1180. The first-order chi connectivity index (χ1) is 16.9. The highest BCUT2D eigenvalue weighted by molar-refractivity contribution is 6.01. The second-order valence-corrected chi connectivity index (χ2v) is 10.3. The molecule has 0 unspecified atom stereocenters. The fourth-order valence-electron chi connectivity index (χ4n) is 5.83. The van der Waals surface area contributed by atoms with Crippen LogP contribution < -0.4 is 15.5 Å². The Balaban J connectivity index is 1.30. The lowest BCUT2D eigenvalue weighted by atomic mass is 9.62. The summed E-state index contributed by atoms with van der Waals surface area (Å²) in [6.07, 6.45) is 9.77. The number of anilines is 4. The van der Waals surface area contributed by atoms with Crippen LogP contribution in [0.5, 0.6) is 0 Å². The average molecular weight is 475 g/mol. The number of aliphatic hydroxyl groups is 1. The van der Waals surface area contributed by atoms with Crippen molar-refractivity contribution < 1.29 is 14.7 Å². The van der Waals surface area contributed by atoms with Crippen LogP contribution in [0.15, 0.2) is 43.1 Å². The molecular formula is C26H30N6O3. The molecule has 4 saturated carbocycles. The van der Waals surface area contributed by atoms with Crippen molar-refractivity contribution in [1.82, 2.24) is 14.9 Å². The van der Waals surface area contributed by atoms with Crippen LogP contribution in [0.4, 0.5) is 27.9 Å². The number of hydrogen-bond acceptors (Lipinski definition) is 6. The molecule has 9 heteroatoms. The summed E-state index contributed by atoms with van der Waals surface area (Å²) in [5.41, 5.74) is 1.45. The minimum absolute atomic E-state index is 0.0237. The molecule has 1 aromatic heterocycles. The van der Waals surface area contributed by atoms with Gasteiger partial charge in [-0.15, -0.1) is 0 Å². The van der Waals surface area contributed by atoms with Crippen molar-refractivity contribution in [1.29, 1.82) is 0 Å². The maximum absolute atomic E-state index is 13.9. The molecule has 1 aromatic carbocycles. The minimum atomic E-state index is -0.542. The molecule has 4 aliphatic carbocycles. The molecule has 2 heterocycles. The molecule has 3 N–H and O–H groups in total. The second kappa shape index (κ2) is 8.05. The molecule has 2 aromatic rings. The Labute approximate surface area is 204 Å². The fourth-order valence-corrected chi connectivity index (χ4v) is 5.83. The summed E-state index contributed by atoms with van der Waals surface area (Å²) in [4.78, 5) is 38.9. The topological polar surface area (TPSA) is 111 Å². The standard InChI is InChI=1S/C26H30N6O3/c1-2-21(33)28-19-5-3-4-6-20(19)29-23-27-15-17-16-31(24(34)32(18-7-8-18)22(17)30-23)25-9-12-26(35,13-10-25)14-11-25/h2-6,15,18,35H,1,7-14,16H2,(H,28,33)(H,27,29,30). The van der Waals surface area contributed by atoms with Crippen LogP contribution in [-0.4, -0.2) is 49.1 Å². The van der Waals surface area contributed by atoms with E-state index in [9.17, 15) is 14.7 Å². The van der Waals surface area contributed by atoms with Crippen molar-refractivity contribution in [2.45, 2.75) is 75.1 Å². The number of urea groups is 1. The average Bonchev–Trinajstić information content (AvgIpc) is 3.71. The summed E-state index contributed by atoms with van der Waals surface area (Å²) in [6.45, 7) is 3.99. The Morgan fingerprint density at radius 2 is 1.80 bits per heavy atom. The van der Waals surface area contributed by atoms with Crippen LogP contribution in [0.2, 0.25) is 0 Å². The first kappa shape index (κ1) is 22.0. The summed E-state index contributed by atoms with van der Waals surface area (Å²) in [7, 11) is 0. The van der Waals surface area contributed by atoms with E-state index in [-0.39, 0.29) is 23.5 Å². The number of nitrogens with one attached hydrogen (secondary N) is 2. The quantitative estimate of drug-likeness (QED) is 0.544. The van der Waals surface area contributed by atoms with E-state index < -0.39 is 5.60 Å². The molecule has 2 bridgehead atoms. The van der Waals surface area contributed by atoms with Gasteiger partial charge in [0.1, 0.15) is 5.82 Å². The van der Waals surface area contributed by atoms with Crippen LogP contribution >= 0.6 is 0 Å². The van der Waals surface area contributed by atoms with E-state index in [1.807, 2.05) is 34.2 Å². The smallest absolute Gasteiger partial charge is 0.326 e. The van der Waals surface area contributed by atoms with Gasteiger partial charge in [-0.1, -0.05) is 18.7 Å².